The normalized spacial score (nSPS) is 17.3. The fraction of sp³-hybridized carbons (Fsp3) is 0.389. The number of H-pyrrole nitrogens is 1. The number of hydrogen-bond donors (Lipinski definition) is 2. The Bertz CT molecular complexity index is 825. The maximum atomic E-state index is 12.8. The predicted molar refractivity (Wildman–Crippen MR) is 99.8 cm³/mol. The van der Waals surface area contributed by atoms with E-state index in [1.54, 1.807) is 29.0 Å². The Morgan fingerprint density at radius 3 is 2.96 bits per heavy atom. The molecule has 1 fully saturated rings. The fourth-order valence-electron chi connectivity index (χ4n) is 3.07. The summed E-state index contributed by atoms with van der Waals surface area (Å²) in [7, 11) is 1.71. The van der Waals surface area contributed by atoms with Crippen molar-refractivity contribution >= 4 is 23.5 Å². The van der Waals surface area contributed by atoms with Gasteiger partial charge in [0.25, 0.3) is 5.91 Å². The number of nitrogens with zero attached hydrogens (tertiary/aromatic N) is 3. The Hall–Kier alpha value is -2.42. The van der Waals surface area contributed by atoms with Gasteiger partial charge in [0.15, 0.2) is 0 Å². The Balaban J connectivity index is 1.65. The predicted octanol–water partition coefficient (Wildman–Crippen LogP) is 1.59. The minimum absolute atomic E-state index is 0.0739. The van der Waals surface area contributed by atoms with E-state index in [0.29, 0.717) is 42.7 Å². The summed E-state index contributed by atoms with van der Waals surface area (Å²) in [5, 5.41) is 16.4. The molecule has 1 aromatic heterocycles. The lowest BCUT2D eigenvalue weighted by molar-refractivity contribution is -0.138. The molecule has 1 saturated heterocycles. The standard InChI is InChI=1S/C18H21ClN4O4/c1-22(11-17(24)25)9-12-10-23(6-7-27-12)18(26)16-8-15(20-21-16)13-4-2-3-5-14(13)19/h2-5,8,12H,6-7,9-11H2,1H3,(H,20,21)(H,24,25). The van der Waals surface area contributed by atoms with Crippen LogP contribution in [0.1, 0.15) is 10.5 Å². The van der Waals surface area contributed by atoms with Gasteiger partial charge in [-0.1, -0.05) is 29.8 Å². The van der Waals surface area contributed by atoms with E-state index in [4.69, 9.17) is 21.4 Å². The van der Waals surface area contributed by atoms with Crippen molar-refractivity contribution in [3.63, 3.8) is 0 Å². The van der Waals surface area contributed by atoms with E-state index < -0.39 is 5.97 Å². The molecule has 3 rings (SSSR count). The number of aromatic nitrogens is 2. The summed E-state index contributed by atoms with van der Waals surface area (Å²) in [6.07, 6.45) is -0.238. The number of carboxylic acid groups (broad SMARTS) is 1. The largest absolute Gasteiger partial charge is 0.480 e. The Labute approximate surface area is 161 Å². The third-order valence-electron chi connectivity index (χ3n) is 4.30. The topological polar surface area (TPSA) is 98.8 Å². The Kier molecular flexibility index (Phi) is 6.10. The van der Waals surface area contributed by atoms with Crippen molar-refractivity contribution in [2.45, 2.75) is 6.10 Å². The number of hydrogen-bond acceptors (Lipinski definition) is 5. The number of morpholine rings is 1. The van der Waals surface area contributed by atoms with Crippen molar-refractivity contribution in [1.29, 1.82) is 0 Å². The number of likely N-dealkylation sites (N-methyl/N-ethyl adjacent to an activating group) is 1. The lowest BCUT2D eigenvalue weighted by Gasteiger charge is -2.34. The first kappa shape index (κ1) is 19.3. The van der Waals surface area contributed by atoms with Gasteiger partial charge in [-0.3, -0.25) is 19.6 Å². The molecule has 1 aromatic carbocycles. The minimum Gasteiger partial charge on any atom is -0.480 e. The first-order valence-corrected chi connectivity index (χ1v) is 8.93. The van der Waals surface area contributed by atoms with Crippen molar-refractivity contribution in [2.75, 3.05) is 39.8 Å². The number of amides is 1. The highest BCUT2D eigenvalue weighted by atomic mass is 35.5. The molecule has 1 atom stereocenters. The number of rotatable bonds is 6. The molecule has 8 nitrogen and oxygen atoms in total. The molecule has 0 bridgehead atoms. The summed E-state index contributed by atoms with van der Waals surface area (Å²) in [6.45, 7) is 1.63. The summed E-state index contributed by atoms with van der Waals surface area (Å²) < 4.78 is 5.66. The molecule has 2 aromatic rings. The van der Waals surface area contributed by atoms with Gasteiger partial charge < -0.3 is 14.7 Å². The number of benzene rings is 1. The van der Waals surface area contributed by atoms with Crippen LogP contribution >= 0.6 is 11.6 Å². The van der Waals surface area contributed by atoms with Gasteiger partial charge in [0, 0.05) is 25.2 Å². The summed E-state index contributed by atoms with van der Waals surface area (Å²) in [6, 6.07) is 8.99. The van der Waals surface area contributed by atoms with E-state index in [2.05, 4.69) is 10.2 Å². The van der Waals surface area contributed by atoms with Crippen LogP contribution in [0.4, 0.5) is 0 Å². The molecular weight excluding hydrogens is 372 g/mol. The maximum absolute atomic E-state index is 12.8. The van der Waals surface area contributed by atoms with Crippen LogP contribution in [0.5, 0.6) is 0 Å². The van der Waals surface area contributed by atoms with Crippen molar-refractivity contribution in [1.82, 2.24) is 20.0 Å². The van der Waals surface area contributed by atoms with Crippen molar-refractivity contribution in [3.05, 3.63) is 41.0 Å². The van der Waals surface area contributed by atoms with E-state index in [1.165, 1.54) is 0 Å². The van der Waals surface area contributed by atoms with E-state index >= 15 is 0 Å². The number of carbonyl (C=O) groups excluding carboxylic acids is 1. The van der Waals surface area contributed by atoms with Gasteiger partial charge in [0.2, 0.25) is 0 Å². The second kappa shape index (κ2) is 8.51. The molecule has 1 aliphatic heterocycles. The van der Waals surface area contributed by atoms with Crippen LogP contribution in [0.2, 0.25) is 5.02 Å². The Morgan fingerprint density at radius 2 is 2.22 bits per heavy atom. The molecular formula is C18H21ClN4O4. The van der Waals surface area contributed by atoms with Gasteiger partial charge in [-0.15, -0.1) is 0 Å². The van der Waals surface area contributed by atoms with Crippen LogP contribution in [0.25, 0.3) is 11.3 Å². The average Bonchev–Trinajstić information content (AvgIpc) is 3.10. The van der Waals surface area contributed by atoms with Gasteiger partial charge in [0.1, 0.15) is 5.69 Å². The van der Waals surface area contributed by atoms with Gasteiger partial charge in [-0.25, -0.2) is 0 Å². The van der Waals surface area contributed by atoms with E-state index in [1.807, 2.05) is 18.2 Å². The SMILES string of the molecule is CN(CC(=O)O)CC1CN(C(=O)c2cc(-c3ccccc3Cl)n[nH]2)CCO1. The lowest BCUT2D eigenvalue weighted by Crippen LogP contribution is -2.49. The molecule has 1 aliphatic rings. The molecule has 0 radical (unpaired) electrons. The summed E-state index contributed by atoms with van der Waals surface area (Å²) in [4.78, 5) is 26.9. The van der Waals surface area contributed by atoms with Crippen molar-refractivity contribution in [3.8, 4) is 11.3 Å². The highest BCUT2D eigenvalue weighted by molar-refractivity contribution is 6.33. The number of carbonyl (C=O) groups is 2. The lowest BCUT2D eigenvalue weighted by atomic mass is 10.1. The first-order valence-electron chi connectivity index (χ1n) is 8.55. The number of aliphatic carboxylic acids is 1. The second-order valence-electron chi connectivity index (χ2n) is 6.48. The maximum Gasteiger partial charge on any atom is 0.317 e. The molecule has 144 valence electrons. The second-order valence-corrected chi connectivity index (χ2v) is 6.89. The first-order chi connectivity index (χ1) is 12.9. The van der Waals surface area contributed by atoms with Crippen molar-refractivity contribution < 1.29 is 19.4 Å². The average molecular weight is 393 g/mol. The molecule has 2 heterocycles. The summed E-state index contributed by atoms with van der Waals surface area (Å²) >= 11 is 6.19. The van der Waals surface area contributed by atoms with E-state index in [0.717, 1.165) is 5.56 Å². The minimum atomic E-state index is -0.897. The highest BCUT2D eigenvalue weighted by Crippen LogP contribution is 2.26. The molecule has 0 spiro atoms. The van der Waals surface area contributed by atoms with E-state index in [9.17, 15) is 9.59 Å². The summed E-state index contributed by atoms with van der Waals surface area (Å²) in [5.41, 5.74) is 1.74. The summed E-state index contributed by atoms with van der Waals surface area (Å²) in [5.74, 6) is -1.07. The van der Waals surface area contributed by atoms with Crippen molar-refractivity contribution in [2.24, 2.45) is 0 Å². The number of halogens is 1. The van der Waals surface area contributed by atoms with Crippen LogP contribution in [0, 0.1) is 0 Å². The van der Waals surface area contributed by atoms with Gasteiger partial charge in [0.05, 0.1) is 30.0 Å². The zero-order valence-electron chi connectivity index (χ0n) is 14.9. The Morgan fingerprint density at radius 1 is 1.44 bits per heavy atom. The zero-order valence-corrected chi connectivity index (χ0v) is 15.6. The fourth-order valence-corrected chi connectivity index (χ4v) is 3.30. The molecule has 1 unspecified atom stereocenters. The molecule has 9 heteroatoms. The third-order valence-corrected chi connectivity index (χ3v) is 4.63. The van der Waals surface area contributed by atoms with Crippen LogP contribution < -0.4 is 0 Å². The molecule has 0 saturated carbocycles. The molecule has 1 amide bonds. The van der Waals surface area contributed by atoms with Gasteiger partial charge in [-0.05, 0) is 19.2 Å². The number of carboxylic acids is 1. The van der Waals surface area contributed by atoms with Crippen LogP contribution in [-0.4, -0.2) is 82.9 Å². The van der Waals surface area contributed by atoms with E-state index in [-0.39, 0.29) is 18.6 Å². The monoisotopic (exact) mass is 392 g/mol. The highest BCUT2D eigenvalue weighted by Gasteiger charge is 2.27. The van der Waals surface area contributed by atoms with Crippen LogP contribution in [0.3, 0.4) is 0 Å². The van der Waals surface area contributed by atoms with Gasteiger partial charge >= 0.3 is 5.97 Å². The van der Waals surface area contributed by atoms with Crippen LogP contribution in [-0.2, 0) is 9.53 Å². The van der Waals surface area contributed by atoms with Crippen LogP contribution in [0.15, 0.2) is 30.3 Å². The van der Waals surface area contributed by atoms with Gasteiger partial charge in [-0.2, -0.15) is 5.10 Å². The number of aromatic amines is 1. The number of nitrogens with one attached hydrogen (secondary N) is 1. The molecule has 0 aliphatic carbocycles. The zero-order chi connectivity index (χ0) is 19.4. The molecule has 2 N–H and O–H groups in total. The quantitative estimate of drug-likeness (QED) is 0.774. The smallest absolute Gasteiger partial charge is 0.317 e. The molecule has 27 heavy (non-hydrogen) atoms. The third kappa shape index (κ3) is 4.85. The number of ether oxygens (including phenoxy) is 1.